The second-order valence-corrected chi connectivity index (χ2v) is 5.65. The van der Waals surface area contributed by atoms with Crippen molar-refractivity contribution in [3.05, 3.63) is 12.2 Å². The van der Waals surface area contributed by atoms with Crippen molar-refractivity contribution >= 4 is 16.4 Å². The fraction of sp³-hybridized carbons (Fsp3) is 0.769. The summed E-state index contributed by atoms with van der Waals surface area (Å²) in [5.74, 6) is -0.281. The van der Waals surface area contributed by atoms with Crippen LogP contribution in [0, 0.1) is 0 Å². The molecule has 0 radical (unpaired) electrons. The van der Waals surface area contributed by atoms with Crippen molar-refractivity contribution in [1.82, 2.24) is 0 Å². The summed E-state index contributed by atoms with van der Waals surface area (Å²) in [4.78, 5) is 11.2. The third-order valence-corrected chi connectivity index (χ3v) is 3.77. The lowest BCUT2D eigenvalue weighted by Gasteiger charge is -2.35. The highest BCUT2D eigenvalue weighted by Gasteiger charge is 2.20. The second-order valence-electron chi connectivity index (χ2n) is 4.51. The lowest BCUT2D eigenvalue weighted by Crippen LogP contribution is -2.49. The van der Waals surface area contributed by atoms with E-state index in [1.54, 1.807) is 6.92 Å². The van der Waals surface area contributed by atoms with E-state index in [0.29, 0.717) is 12.2 Å². The maximum absolute atomic E-state index is 11.2. The summed E-state index contributed by atoms with van der Waals surface area (Å²) in [6, 6.07) is 0. The largest absolute Gasteiger partial charge is 0.726 e. The van der Waals surface area contributed by atoms with Crippen molar-refractivity contribution in [1.29, 1.82) is 0 Å². The number of esters is 1. The van der Waals surface area contributed by atoms with E-state index in [-0.39, 0.29) is 5.97 Å². The minimum atomic E-state index is -4.41. The van der Waals surface area contributed by atoms with E-state index in [2.05, 4.69) is 31.5 Å². The molecule has 0 fully saturated rings. The molecule has 0 unspecified atom stereocenters. The molecular formula is C13H27NO6S. The van der Waals surface area contributed by atoms with Crippen LogP contribution in [-0.2, 0) is 24.1 Å². The topological polar surface area (TPSA) is 92.7 Å². The highest BCUT2D eigenvalue weighted by molar-refractivity contribution is 7.80. The van der Waals surface area contributed by atoms with E-state index in [9.17, 15) is 17.8 Å². The highest BCUT2D eigenvalue weighted by Crippen LogP contribution is 2.05. The number of nitrogens with zero attached hydrogens (tertiary/aromatic N) is 1. The summed E-state index contributed by atoms with van der Waals surface area (Å²) in [6.45, 7) is 16.4. The molecule has 0 aliphatic carbocycles. The van der Waals surface area contributed by atoms with Gasteiger partial charge in [0, 0.05) is 5.57 Å². The normalized spacial score (nSPS) is 11.3. The second kappa shape index (κ2) is 10.7. The molecule has 0 saturated carbocycles. The number of likely N-dealkylation sites (N-methyl/N-ethyl adjacent to an activating group) is 1. The molecule has 0 rings (SSSR count). The van der Waals surface area contributed by atoms with Crippen LogP contribution in [0.15, 0.2) is 12.2 Å². The first-order chi connectivity index (χ1) is 9.57. The van der Waals surface area contributed by atoms with Crippen molar-refractivity contribution in [2.45, 2.75) is 27.7 Å². The molecule has 0 aromatic carbocycles. The number of hydrogen-bond acceptors (Lipinski definition) is 6. The van der Waals surface area contributed by atoms with Gasteiger partial charge in [-0.1, -0.05) is 6.58 Å². The van der Waals surface area contributed by atoms with Crippen LogP contribution in [0.5, 0.6) is 0 Å². The van der Waals surface area contributed by atoms with Gasteiger partial charge in [0.15, 0.2) is 0 Å². The van der Waals surface area contributed by atoms with Crippen molar-refractivity contribution in [3.8, 4) is 0 Å². The van der Waals surface area contributed by atoms with Gasteiger partial charge in [0.2, 0.25) is 10.4 Å². The summed E-state index contributed by atoms with van der Waals surface area (Å²) in [5.41, 5.74) is 0.470. The molecular weight excluding hydrogens is 298 g/mol. The number of quaternary nitrogens is 1. The van der Waals surface area contributed by atoms with Crippen molar-refractivity contribution in [2.24, 2.45) is 0 Å². The van der Waals surface area contributed by atoms with E-state index >= 15 is 0 Å². The van der Waals surface area contributed by atoms with Gasteiger partial charge in [-0.25, -0.2) is 13.2 Å². The van der Waals surface area contributed by atoms with Crippen molar-refractivity contribution in [2.75, 3.05) is 39.9 Å². The Kier molecular flexibility index (Phi) is 11.4. The molecule has 21 heavy (non-hydrogen) atoms. The maximum atomic E-state index is 11.2. The molecule has 0 heterocycles. The molecule has 0 atom stereocenters. The van der Waals surface area contributed by atoms with Crippen LogP contribution in [-0.4, -0.2) is 63.3 Å². The van der Waals surface area contributed by atoms with Gasteiger partial charge in [-0.15, -0.1) is 0 Å². The first kappa shape index (κ1) is 22.3. The molecule has 0 spiro atoms. The Bertz CT molecular complexity index is 406. The molecule has 0 amide bonds. The average molecular weight is 325 g/mol. The van der Waals surface area contributed by atoms with Crippen LogP contribution in [0.1, 0.15) is 27.7 Å². The third-order valence-electron chi connectivity index (χ3n) is 3.36. The fourth-order valence-corrected chi connectivity index (χ4v) is 1.60. The standard InChI is InChI=1S/C12H24NO2.CH4O4S/c1-6-13(7-2,8-3)9-10-15-12(14)11(4)5;1-5-6(2,3)4/h4,6-10H2,1-3,5H3;1H3,(H,2,3,4)/q+1;/p-1. The zero-order valence-corrected chi connectivity index (χ0v) is 14.4. The molecule has 0 bridgehead atoms. The van der Waals surface area contributed by atoms with Crippen LogP contribution >= 0.6 is 0 Å². The lowest BCUT2D eigenvalue weighted by atomic mass is 10.3. The summed E-state index contributed by atoms with van der Waals surface area (Å²) >= 11 is 0. The molecule has 0 saturated heterocycles. The number of ether oxygens (including phenoxy) is 1. The van der Waals surface area contributed by atoms with E-state index in [1.165, 1.54) is 0 Å². The van der Waals surface area contributed by atoms with Crippen LogP contribution in [0.3, 0.4) is 0 Å². The van der Waals surface area contributed by atoms with Gasteiger partial charge < -0.3 is 13.8 Å². The molecule has 8 heteroatoms. The van der Waals surface area contributed by atoms with Gasteiger partial charge in [0.05, 0.1) is 26.7 Å². The lowest BCUT2D eigenvalue weighted by molar-refractivity contribution is -0.923. The van der Waals surface area contributed by atoms with Crippen LogP contribution in [0.2, 0.25) is 0 Å². The Morgan fingerprint density at radius 2 is 1.57 bits per heavy atom. The molecule has 126 valence electrons. The molecule has 0 N–H and O–H groups in total. The van der Waals surface area contributed by atoms with Crippen LogP contribution in [0.4, 0.5) is 0 Å². The average Bonchev–Trinajstić information content (AvgIpc) is 2.43. The van der Waals surface area contributed by atoms with Crippen LogP contribution < -0.4 is 0 Å². The molecule has 0 aliphatic heterocycles. The number of hydrogen-bond donors (Lipinski definition) is 0. The van der Waals surface area contributed by atoms with E-state index < -0.39 is 10.4 Å². The number of carbonyl (C=O) groups excluding carboxylic acids is 1. The SMILES string of the molecule is C=C(C)C(=O)OCC[N+](CC)(CC)CC.COS(=O)(=O)[O-]. The molecule has 0 aliphatic rings. The smallest absolute Gasteiger partial charge is 0.333 e. The van der Waals surface area contributed by atoms with Crippen LogP contribution in [0.25, 0.3) is 0 Å². The molecule has 0 aromatic heterocycles. The highest BCUT2D eigenvalue weighted by atomic mass is 32.3. The predicted molar refractivity (Wildman–Crippen MR) is 79.2 cm³/mol. The minimum absolute atomic E-state index is 0.281. The summed E-state index contributed by atoms with van der Waals surface area (Å²) < 4.78 is 37.1. The monoisotopic (exact) mass is 325 g/mol. The molecule has 0 aromatic rings. The van der Waals surface area contributed by atoms with Gasteiger partial charge >= 0.3 is 5.97 Å². The minimum Gasteiger partial charge on any atom is -0.726 e. The van der Waals surface area contributed by atoms with Gasteiger partial charge in [-0.3, -0.25) is 4.18 Å². The predicted octanol–water partition coefficient (Wildman–Crippen LogP) is 1.08. The summed E-state index contributed by atoms with van der Waals surface area (Å²) in [6.07, 6.45) is 0. The van der Waals surface area contributed by atoms with Gasteiger partial charge in [0.1, 0.15) is 13.2 Å². The zero-order valence-electron chi connectivity index (χ0n) is 13.5. The molecule has 7 nitrogen and oxygen atoms in total. The maximum Gasteiger partial charge on any atom is 0.333 e. The van der Waals surface area contributed by atoms with E-state index in [0.717, 1.165) is 37.8 Å². The Labute approximate surface area is 128 Å². The Morgan fingerprint density at radius 1 is 1.19 bits per heavy atom. The third kappa shape index (κ3) is 11.4. The number of carbonyl (C=O) groups is 1. The Hall–Kier alpha value is -0.960. The summed E-state index contributed by atoms with van der Waals surface area (Å²) in [5, 5.41) is 0. The quantitative estimate of drug-likeness (QED) is 0.218. The van der Waals surface area contributed by atoms with Gasteiger partial charge in [0.25, 0.3) is 0 Å². The Balaban J connectivity index is 0. The number of rotatable bonds is 8. The fourth-order valence-electron chi connectivity index (χ4n) is 1.60. The first-order valence-corrected chi connectivity index (χ1v) is 8.09. The zero-order chi connectivity index (χ0) is 17.1. The van der Waals surface area contributed by atoms with E-state index in [1.807, 2.05) is 0 Å². The summed E-state index contributed by atoms with van der Waals surface area (Å²) in [7, 11) is -3.60. The Morgan fingerprint density at radius 3 is 1.81 bits per heavy atom. The van der Waals surface area contributed by atoms with E-state index in [4.69, 9.17) is 4.74 Å². The van der Waals surface area contributed by atoms with Gasteiger partial charge in [-0.2, -0.15) is 0 Å². The first-order valence-electron chi connectivity index (χ1n) is 6.76. The van der Waals surface area contributed by atoms with Crippen molar-refractivity contribution in [3.63, 3.8) is 0 Å². The van der Waals surface area contributed by atoms with Crippen molar-refractivity contribution < 1.29 is 31.2 Å². The van der Waals surface area contributed by atoms with Gasteiger partial charge in [-0.05, 0) is 27.7 Å².